The first-order valence-corrected chi connectivity index (χ1v) is 14.2. The fourth-order valence-electron chi connectivity index (χ4n) is 3.75. The number of carbonyl (C=O) groups is 1. The van der Waals surface area contributed by atoms with E-state index >= 15 is 0 Å². The van der Waals surface area contributed by atoms with Crippen molar-refractivity contribution in [2.24, 2.45) is 0 Å². The lowest BCUT2D eigenvalue weighted by molar-refractivity contribution is -0.143. The number of carbonyl (C=O) groups excluding carboxylic acids is 1. The topological polar surface area (TPSA) is 61.8 Å². The van der Waals surface area contributed by atoms with Crippen LogP contribution >= 0.6 is 7.60 Å². The fourth-order valence-corrected chi connectivity index (χ4v) is 5.74. The summed E-state index contributed by atoms with van der Waals surface area (Å²) in [6.45, 7) is 8.33. The molecule has 0 saturated heterocycles. The molecule has 0 spiro atoms. The highest BCUT2D eigenvalue weighted by atomic mass is 31.2. The lowest BCUT2D eigenvalue weighted by atomic mass is 10.0. The van der Waals surface area contributed by atoms with Gasteiger partial charge in [0, 0.05) is 0 Å². The first-order chi connectivity index (χ1) is 14.6. The number of unbranched alkanes of at least 4 members (excludes halogenated alkanes) is 13. The Morgan fingerprint density at radius 1 is 0.633 bits per heavy atom. The lowest BCUT2D eigenvalue weighted by Gasteiger charge is -2.24. The first kappa shape index (κ1) is 29.6. The van der Waals surface area contributed by atoms with Crippen LogP contribution in [0.1, 0.15) is 124 Å². The van der Waals surface area contributed by atoms with Gasteiger partial charge in [-0.2, -0.15) is 0 Å². The summed E-state index contributed by atoms with van der Waals surface area (Å²) in [6.07, 6.45) is 18.4. The van der Waals surface area contributed by atoms with Crippen LogP contribution in [-0.2, 0) is 23.1 Å². The number of rotatable bonds is 22. The molecule has 0 fully saturated rings. The second-order valence-electron chi connectivity index (χ2n) is 8.03. The van der Waals surface area contributed by atoms with Crippen molar-refractivity contribution in [1.29, 1.82) is 0 Å². The average molecular weight is 449 g/mol. The Labute approximate surface area is 186 Å². The standard InChI is InChI=1S/C24H49O5P/c1-5-9-10-11-12-13-14-15-16-17-18-19-20-21-22-23(24(25)27-6-2)30(26,28-7-3)29-8-4/h23H,5-22H2,1-4H3/t23-/m0/s1. The molecule has 0 saturated carbocycles. The molecule has 0 amide bonds. The molecule has 0 unspecified atom stereocenters. The lowest BCUT2D eigenvalue weighted by Crippen LogP contribution is -2.26. The second kappa shape index (κ2) is 20.5. The molecule has 0 aromatic rings. The minimum atomic E-state index is -3.48. The number of esters is 1. The molecule has 0 aromatic carbocycles. The zero-order valence-corrected chi connectivity index (χ0v) is 21.2. The van der Waals surface area contributed by atoms with E-state index in [-0.39, 0.29) is 19.8 Å². The van der Waals surface area contributed by atoms with Gasteiger partial charge in [-0.25, -0.2) is 0 Å². The quantitative estimate of drug-likeness (QED) is 0.0952. The maximum absolute atomic E-state index is 13.0. The molecule has 0 bridgehead atoms. The van der Waals surface area contributed by atoms with Crippen LogP contribution in [0.3, 0.4) is 0 Å². The Bertz CT molecular complexity index is 431. The highest BCUT2D eigenvalue weighted by Gasteiger charge is 2.41. The number of hydrogen-bond acceptors (Lipinski definition) is 5. The molecule has 0 N–H and O–H groups in total. The summed E-state index contributed by atoms with van der Waals surface area (Å²) in [5.41, 5.74) is -0.810. The molecule has 0 heterocycles. The summed E-state index contributed by atoms with van der Waals surface area (Å²) in [7, 11) is -3.48. The van der Waals surface area contributed by atoms with E-state index in [2.05, 4.69) is 6.92 Å². The van der Waals surface area contributed by atoms with Gasteiger partial charge < -0.3 is 13.8 Å². The molecule has 6 heteroatoms. The third-order valence-corrected chi connectivity index (χ3v) is 7.86. The van der Waals surface area contributed by atoms with Gasteiger partial charge in [0.05, 0.1) is 19.8 Å². The Morgan fingerprint density at radius 3 is 1.40 bits per heavy atom. The van der Waals surface area contributed by atoms with E-state index in [0.717, 1.165) is 19.3 Å². The molecule has 0 aromatic heterocycles. The van der Waals surface area contributed by atoms with Crippen LogP contribution < -0.4 is 0 Å². The van der Waals surface area contributed by atoms with Gasteiger partial charge in [0.25, 0.3) is 0 Å². The highest BCUT2D eigenvalue weighted by Crippen LogP contribution is 2.55. The molecule has 30 heavy (non-hydrogen) atoms. The summed E-state index contributed by atoms with van der Waals surface area (Å²) in [6, 6.07) is 0. The molecular formula is C24H49O5P. The van der Waals surface area contributed by atoms with Crippen LogP contribution in [0.5, 0.6) is 0 Å². The van der Waals surface area contributed by atoms with Crippen LogP contribution in [0.4, 0.5) is 0 Å². The van der Waals surface area contributed by atoms with Crippen molar-refractivity contribution in [1.82, 2.24) is 0 Å². The Hall–Kier alpha value is -0.380. The minimum Gasteiger partial charge on any atom is -0.465 e. The van der Waals surface area contributed by atoms with Gasteiger partial charge in [-0.3, -0.25) is 9.36 Å². The first-order valence-electron chi connectivity index (χ1n) is 12.6. The van der Waals surface area contributed by atoms with E-state index in [9.17, 15) is 9.36 Å². The minimum absolute atomic E-state index is 0.256. The van der Waals surface area contributed by atoms with Gasteiger partial charge in [-0.1, -0.05) is 96.8 Å². The SMILES string of the molecule is CCCCCCCCCCCCCCCC[C@@H](C(=O)OCC)P(=O)(OCC)OCC. The van der Waals surface area contributed by atoms with Crippen molar-refractivity contribution in [3.8, 4) is 0 Å². The summed E-state index contributed by atoms with van der Waals surface area (Å²) in [5, 5.41) is 0. The Kier molecular flexibility index (Phi) is 20.3. The van der Waals surface area contributed by atoms with Crippen molar-refractivity contribution in [2.75, 3.05) is 19.8 Å². The van der Waals surface area contributed by atoms with Gasteiger partial charge in [0.15, 0.2) is 5.66 Å². The third-order valence-electron chi connectivity index (χ3n) is 5.39. The normalized spacial score (nSPS) is 12.8. The van der Waals surface area contributed by atoms with Crippen molar-refractivity contribution in [3.63, 3.8) is 0 Å². The smallest absolute Gasteiger partial charge is 0.344 e. The van der Waals surface area contributed by atoms with Crippen molar-refractivity contribution in [3.05, 3.63) is 0 Å². The summed E-state index contributed by atoms with van der Waals surface area (Å²) >= 11 is 0. The van der Waals surface area contributed by atoms with Gasteiger partial charge >= 0.3 is 13.6 Å². The van der Waals surface area contributed by atoms with Crippen LogP contribution in [0, 0.1) is 0 Å². The molecule has 0 rings (SSSR count). The Morgan fingerprint density at radius 2 is 1.03 bits per heavy atom. The molecule has 180 valence electrons. The fraction of sp³-hybridized carbons (Fsp3) is 0.958. The molecule has 0 radical (unpaired) electrons. The van der Waals surface area contributed by atoms with Crippen molar-refractivity contribution < 1.29 is 23.1 Å². The maximum Gasteiger partial charge on any atom is 0.344 e. The van der Waals surface area contributed by atoms with E-state index < -0.39 is 19.2 Å². The Balaban J connectivity index is 3.98. The summed E-state index contributed by atoms with van der Waals surface area (Å²) in [4.78, 5) is 12.4. The van der Waals surface area contributed by atoms with E-state index in [1.54, 1.807) is 20.8 Å². The number of hydrogen-bond donors (Lipinski definition) is 0. The average Bonchev–Trinajstić information content (AvgIpc) is 2.71. The second-order valence-corrected chi connectivity index (χ2v) is 10.2. The monoisotopic (exact) mass is 448 g/mol. The largest absolute Gasteiger partial charge is 0.465 e. The van der Waals surface area contributed by atoms with Gasteiger partial charge in [-0.05, 0) is 27.2 Å². The zero-order chi connectivity index (χ0) is 22.5. The molecular weight excluding hydrogens is 399 g/mol. The molecule has 0 aliphatic carbocycles. The maximum atomic E-state index is 13.0. The summed E-state index contributed by atoms with van der Waals surface area (Å²) < 4.78 is 29.0. The molecule has 0 aliphatic heterocycles. The zero-order valence-electron chi connectivity index (χ0n) is 20.3. The van der Waals surface area contributed by atoms with Crippen molar-refractivity contribution in [2.45, 2.75) is 130 Å². The van der Waals surface area contributed by atoms with Crippen LogP contribution in [0.2, 0.25) is 0 Å². The van der Waals surface area contributed by atoms with E-state index in [0.29, 0.717) is 6.42 Å². The van der Waals surface area contributed by atoms with Crippen LogP contribution in [-0.4, -0.2) is 31.4 Å². The van der Waals surface area contributed by atoms with E-state index in [1.807, 2.05) is 0 Å². The predicted molar refractivity (Wildman–Crippen MR) is 126 cm³/mol. The summed E-state index contributed by atoms with van der Waals surface area (Å²) in [5.74, 6) is -0.461. The highest BCUT2D eigenvalue weighted by molar-refractivity contribution is 7.55. The predicted octanol–water partition coefficient (Wildman–Crippen LogP) is 8.06. The third kappa shape index (κ3) is 14.6. The molecule has 0 aliphatic rings. The van der Waals surface area contributed by atoms with Gasteiger partial charge in [0.2, 0.25) is 0 Å². The molecule has 1 atom stereocenters. The van der Waals surface area contributed by atoms with E-state index in [4.69, 9.17) is 13.8 Å². The van der Waals surface area contributed by atoms with Gasteiger partial charge in [0.1, 0.15) is 0 Å². The van der Waals surface area contributed by atoms with Crippen LogP contribution in [0.15, 0.2) is 0 Å². The van der Waals surface area contributed by atoms with Crippen LogP contribution in [0.25, 0.3) is 0 Å². The van der Waals surface area contributed by atoms with E-state index in [1.165, 1.54) is 70.6 Å². The van der Waals surface area contributed by atoms with Gasteiger partial charge in [-0.15, -0.1) is 0 Å². The van der Waals surface area contributed by atoms with Crippen molar-refractivity contribution >= 4 is 13.6 Å². The molecule has 5 nitrogen and oxygen atoms in total. The number of ether oxygens (including phenoxy) is 1.